The van der Waals surface area contributed by atoms with Crippen LogP contribution in [0.4, 0.5) is 5.69 Å². The van der Waals surface area contributed by atoms with E-state index in [2.05, 4.69) is 26.6 Å². The zero-order chi connectivity index (χ0) is 19.2. The number of hydrogen-bond acceptors (Lipinski definition) is 5. The molecule has 27 heavy (non-hydrogen) atoms. The summed E-state index contributed by atoms with van der Waals surface area (Å²) in [6, 6.07) is 8.26. The van der Waals surface area contributed by atoms with E-state index in [0.29, 0.717) is 5.96 Å². The van der Waals surface area contributed by atoms with Crippen molar-refractivity contribution in [1.29, 1.82) is 0 Å². The Kier molecular flexibility index (Phi) is 9.14. The van der Waals surface area contributed by atoms with Crippen LogP contribution in [-0.2, 0) is 9.53 Å². The number of esters is 1. The molecule has 1 fully saturated rings. The summed E-state index contributed by atoms with van der Waals surface area (Å²) >= 11 is 0. The molecule has 0 aromatic heterocycles. The number of para-hydroxylation sites is 2. The second-order valence-electron chi connectivity index (χ2n) is 7.26. The molecule has 152 valence electrons. The van der Waals surface area contributed by atoms with Gasteiger partial charge in [-0.15, -0.1) is 24.0 Å². The Morgan fingerprint density at radius 2 is 2.04 bits per heavy atom. The van der Waals surface area contributed by atoms with Crippen molar-refractivity contribution in [3.8, 4) is 5.75 Å². The highest BCUT2D eigenvalue weighted by Gasteiger charge is 2.25. The fourth-order valence-corrected chi connectivity index (χ4v) is 2.91. The van der Waals surface area contributed by atoms with Crippen molar-refractivity contribution in [3.05, 3.63) is 24.3 Å². The Hall–Kier alpha value is -1.71. The van der Waals surface area contributed by atoms with Crippen molar-refractivity contribution in [1.82, 2.24) is 10.6 Å². The first-order chi connectivity index (χ1) is 12.3. The van der Waals surface area contributed by atoms with Gasteiger partial charge in [0.2, 0.25) is 0 Å². The van der Waals surface area contributed by atoms with Crippen molar-refractivity contribution in [2.45, 2.75) is 38.8 Å². The zero-order valence-electron chi connectivity index (χ0n) is 16.7. The molecule has 2 N–H and O–H groups in total. The van der Waals surface area contributed by atoms with E-state index in [9.17, 15) is 4.79 Å². The SMILES string of the molecule is CN=C(NCC(=O)OC(C)(C)C)NC1CCN(c2ccccc2OC)C1.I. The van der Waals surface area contributed by atoms with Crippen LogP contribution in [0.3, 0.4) is 0 Å². The molecule has 0 amide bonds. The first-order valence-corrected chi connectivity index (χ1v) is 8.89. The van der Waals surface area contributed by atoms with Crippen molar-refractivity contribution in [2.75, 3.05) is 38.7 Å². The quantitative estimate of drug-likeness (QED) is 0.286. The summed E-state index contributed by atoms with van der Waals surface area (Å²) in [5.74, 6) is 1.17. The Balaban J connectivity index is 0.00000364. The lowest BCUT2D eigenvalue weighted by Crippen LogP contribution is -2.46. The average molecular weight is 490 g/mol. The summed E-state index contributed by atoms with van der Waals surface area (Å²) in [6.45, 7) is 7.41. The number of nitrogens with zero attached hydrogens (tertiary/aromatic N) is 2. The molecule has 2 rings (SSSR count). The highest BCUT2D eigenvalue weighted by molar-refractivity contribution is 14.0. The summed E-state index contributed by atoms with van der Waals surface area (Å²) in [5, 5.41) is 6.39. The first kappa shape index (κ1) is 23.3. The van der Waals surface area contributed by atoms with Crippen LogP contribution in [0.15, 0.2) is 29.3 Å². The fraction of sp³-hybridized carbons (Fsp3) is 0.579. The van der Waals surface area contributed by atoms with E-state index in [-0.39, 0.29) is 42.5 Å². The van der Waals surface area contributed by atoms with Gasteiger partial charge in [0.05, 0.1) is 12.8 Å². The van der Waals surface area contributed by atoms with Crippen LogP contribution >= 0.6 is 24.0 Å². The highest BCUT2D eigenvalue weighted by atomic mass is 127. The van der Waals surface area contributed by atoms with E-state index >= 15 is 0 Å². The summed E-state index contributed by atoms with van der Waals surface area (Å²) in [5.41, 5.74) is 0.604. The maximum absolute atomic E-state index is 11.8. The Morgan fingerprint density at radius 1 is 1.33 bits per heavy atom. The molecule has 1 atom stereocenters. The molecular weight excluding hydrogens is 459 g/mol. The Bertz CT molecular complexity index is 646. The van der Waals surface area contributed by atoms with Gasteiger partial charge in [-0.05, 0) is 39.3 Å². The van der Waals surface area contributed by atoms with Gasteiger partial charge in [0, 0.05) is 26.2 Å². The van der Waals surface area contributed by atoms with Crippen LogP contribution < -0.4 is 20.3 Å². The van der Waals surface area contributed by atoms with Gasteiger partial charge in [0.15, 0.2) is 5.96 Å². The third-order valence-electron chi connectivity index (χ3n) is 4.00. The van der Waals surface area contributed by atoms with Gasteiger partial charge >= 0.3 is 5.97 Å². The molecule has 8 heteroatoms. The van der Waals surface area contributed by atoms with Crippen molar-refractivity contribution < 1.29 is 14.3 Å². The number of hydrogen-bond donors (Lipinski definition) is 2. The minimum atomic E-state index is -0.490. The average Bonchev–Trinajstić information content (AvgIpc) is 3.05. The topological polar surface area (TPSA) is 75.2 Å². The minimum absolute atomic E-state index is 0. The predicted octanol–water partition coefficient (Wildman–Crippen LogP) is 2.40. The molecule has 1 saturated heterocycles. The maximum atomic E-state index is 11.8. The molecular formula is C19H31IN4O3. The van der Waals surface area contributed by atoms with Gasteiger partial charge < -0.3 is 25.0 Å². The molecule has 0 spiro atoms. The number of methoxy groups -OCH3 is 1. The zero-order valence-corrected chi connectivity index (χ0v) is 19.1. The van der Waals surface area contributed by atoms with E-state index in [4.69, 9.17) is 9.47 Å². The van der Waals surface area contributed by atoms with Crippen LogP contribution in [0.25, 0.3) is 0 Å². The van der Waals surface area contributed by atoms with Crippen LogP contribution in [0.5, 0.6) is 5.75 Å². The number of nitrogens with one attached hydrogen (secondary N) is 2. The molecule has 1 aliphatic heterocycles. The van der Waals surface area contributed by atoms with E-state index in [0.717, 1.165) is 30.9 Å². The minimum Gasteiger partial charge on any atom is -0.495 e. The lowest BCUT2D eigenvalue weighted by molar-refractivity contribution is -0.153. The van der Waals surface area contributed by atoms with Crippen LogP contribution in [0, 0.1) is 0 Å². The molecule has 0 bridgehead atoms. The van der Waals surface area contributed by atoms with Crippen molar-refractivity contribution in [3.63, 3.8) is 0 Å². The standard InChI is InChI=1S/C19H30N4O3.HI/c1-19(2,3)26-17(24)12-21-18(20-4)22-14-10-11-23(13-14)15-8-6-7-9-16(15)25-5;/h6-9,14H,10-13H2,1-5H3,(H2,20,21,22);1H. The van der Waals surface area contributed by atoms with Gasteiger partial charge in [-0.25, -0.2) is 0 Å². The van der Waals surface area contributed by atoms with Crippen LogP contribution in [-0.4, -0.2) is 57.4 Å². The number of rotatable bonds is 5. The van der Waals surface area contributed by atoms with Crippen molar-refractivity contribution >= 4 is 41.6 Å². The number of halogens is 1. The summed E-state index contributed by atoms with van der Waals surface area (Å²) in [6.07, 6.45) is 0.977. The number of carbonyl (C=O) groups is 1. The summed E-state index contributed by atoms with van der Waals surface area (Å²) in [7, 11) is 3.38. The Morgan fingerprint density at radius 3 is 2.67 bits per heavy atom. The number of carbonyl (C=O) groups excluding carboxylic acids is 1. The van der Waals surface area contributed by atoms with Gasteiger partial charge in [-0.2, -0.15) is 0 Å². The third kappa shape index (κ3) is 7.43. The predicted molar refractivity (Wildman–Crippen MR) is 119 cm³/mol. The second kappa shape index (κ2) is 10.6. The smallest absolute Gasteiger partial charge is 0.325 e. The summed E-state index contributed by atoms with van der Waals surface area (Å²) in [4.78, 5) is 18.3. The van der Waals surface area contributed by atoms with E-state index in [1.807, 2.05) is 39.0 Å². The lowest BCUT2D eigenvalue weighted by Gasteiger charge is -2.22. The fourth-order valence-electron chi connectivity index (χ4n) is 2.91. The molecule has 1 aromatic carbocycles. The summed E-state index contributed by atoms with van der Waals surface area (Å²) < 4.78 is 10.7. The first-order valence-electron chi connectivity index (χ1n) is 8.89. The normalized spacial score (nSPS) is 17.1. The molecule has 7 nitrogen and oxygen atoms in total. The third-order valence-corrected chi connectivity index (χ3v) is 4.00. The van der Waals surface area contributed by atoms with Gasteiger partial charge in [0.1, 0.15) is 17.9 Å². The van der Waals surface area contributed by atoms with E-state index in [1.165, 1.54) is 0 Å². The van der Waals surface area contributed by atoms with Gasteiger partial charge in [-0.1, -0.05) is 12.1 Å². The molecule has 1 unspecified atom stereocenters. The largest absolute Gasteiger partial charge is 0.495 e. The molecule has 0 saturated carbocycles. The lowest BCUT2D eigenvalue weighted by atomic mass is 10.2. The van der Waals surface area contributed by atoms with E-state index < -0.39 is 5.60 Å². The van der Waals surface area contributed by atoms with Gasteiger partial charge in [0.25, 0.3) is 0 Å². The van der Waals surface area contributed by atoms with Gasteiger partial charge in [-0.3, -0.25) is 9.79 Å². The molecule has 1 aliphatic rings. The number of aliphatic imine (C=N–C) groups is 1. The molecule has 0 radical (unpaired) electrons. The number of ether oxygens (including phenoxy) is 2. The number of guanidine groups is 1. The number of benzene rings is 1. The molecule has 1 heterocycles. The second-order valence-corrected chi connectivity index (χ2v) is 7.26. The maximum Gasteiger partial charge on any atom is 0.325 e. The molecule has 0 aliphatic carbocycles. The number of anilines is 1. The monoisotopic (exact) mass is 490 g/mol. The Labute approximate surface area is 178 Å². The van der Waals surface area contributed by atoms with Crippen molar-refractivity contribution in [2.24, 2.45) is 4.99 Å². The van der Waals surface area contributed by atoms with E-state index in [1.54, 1.807) is 14.2 Å². The molecule has 1 aromatic rings. The highest BCUT2D eigenvalue weighted by Crippen LogP contribution is 2.30. The van der Waals surface area contributed by atoms with Crippen LogP contribution in [0.1, 0.15) is 27.2 Å². The van der Waals surface area contributed by atoms with Crippen LogP contribution in [0.2, 0.25) is 0 Å².